The van der Waals surface area contributed by atoms with E-state index in [1.165, 1.54) is 37.1 Å². The number of nitroso groups, excluding NO2 is 1. The van der Waals surface area contributed by atoms with Gasteiger partial charge in [-0.1, -0.05) is 22.8 Å². The van der Waals surface area contributed by atoms with Crippen LogP contribution in [0.1, 0.15) is 17.3 Å². The lowest BCUT2D eigenvalue weighted by atomic mass is 10.00. The molecule has 0 N–H and O–H groups in total. The Balaban J connectivity index is 2.12. The van der Waals surface area contributed by atoms with E-state index in [1.54, 1.807) is 0 Å². The number of rotatable bonds is 4. The third-order valence-corrected chi connectivity index (χ3v) is 3.74. The van der Waals surface area contributed by atoms with Crippen molar-refractivity contribution >= 4 is 11.6 Å². The molecule has 1 unspecified atom stereocenters. The fraction of sp³-hybridized carbons (Fsp3) is 0.0625. The molecule has 0 aliphatic carbocycles. The first-order valence-electron chi connectivity index (χ1n) is 6.79. The van der Waals surface area contributed by atoms with Gasteiger partial charge < -0.3 is 0 Å². The Morgan fingerprint density at radius 3 is 2.54 bits per heavy atom. The number of hydrogen-bond donors (Lipinski definition) is 0. The van der Waals surface area contributed by atoms with Crippen molar-refractivity contribution in [3.8, 4) is 11.1 Å². The summed E-state index contributed by atoms with van der Waals surface area (Å²) >= 11 is 5.95. The van der Waals surface area contributed by atoms with E-state index in [1.807, 2.05) is 0 Å². The molecule has 0 saturated heterocycles. The van der Waals surface area contributed by atoms with Gasteiger partial charge in [0.1, 0.15) is 17.8 Å². The van der Waals surface area contributed by atoms with Gasteiger partial charge in [0.05, 0.1) is 0 Å². The average Bonchev–Trinajstić information content (AvgIpc) is 2.59. The molecule has 0 aliphatic heterocycles. The van der Waals surface area contributed by atoms with Gasteiger partial charge in [-0.15, -0.1) is 4.91 Å². The van der Waals surface area contributed by atoms with Gasteiger partial charge in [-0.25, -0.2) is 18.7 Å². The molecule has 0 saturated carbocycles. The van der Waals surface area contributed by atoms with Crippen LogP contribution >= 0.6 is 11.6 Å². The molecule has 0 spiro atoms. The van der Waals surface area contributed by atoms with Crippen molar-refractivity contribution in [1.82, 2.24) is 15.0 Å². The molecule has 2 heterocycles. The van der Waals surface area contributed by atoms with Crippen molar-refractivity contribution in [3.63, 3.8) is 0 Å². The van der Waals surface area contributed by atoms with Crippen molar-refractivity contribution in [2.45, 2.75) is 6.04 Å². The van der Waals surface area contributed by atoms with Crippen LogP contribution in [0, 0.1) is 16.5 Å². The van der Waals surface area contributed by atoms with E-state index in [-0.39, 0.29) is 21.8 Å². The number of pyridine rings is 1. The summed E-state index contributed by atoms with van der Waals surface area (Å²) in [6, 6.07) is 3.56. The minimum Gasteiger partial charge on any atom is -0.255 e. The smallest absolute Gasteiger partial charge is 0.163 e. The largest absolute Gasteiger partial charge is 0.255 e. The first kappa shape index (κ1) is 16.1. The van der Waals surface area contributed by atoms with Crippen LogP contribution < -0.4 is 0 Å². The van der Waals surface area contributed by atoms with E-state index in [2.05, 4.69) is 20.1 Å². The van der Waals surface area contributed by atoms with Gasteiger partial charge in [0.25, 0.3) is 0 Å². The van der Waals surface area contributed by atoms with Gasteiger partial charge in [-0.05, 0) is 18.2 Å². The second kappa shape index (κ2) is 6.76. The number of hydrogen-bond acceptors (Lipinski definition) is 5. The highest BCUT2D eigenvalue weighted by molar-refractivity contribution is 6.31. The quantitative estimate of drug-likeness (QED) is 0.659. The summed E-state index contributed by atoms with van der Waals surface area (Å²) in [6.45, 7) is 0. The van der Waals surface area contributed by atoms with Gasteiger partial charge in [-0.3, -0.25) is 4.98 Å². The zero-order valence-electron chi connectivity index (χ0n) is 12.0. The number of benzene rings is 1. The fourth-order valence-corrected chi connectivity index (χ4v) is 2.56. The number of halogens is 3. The Bertz CT molecular complexity index is 893. The molecule has 3 aromatic rings. The van der Waals surface area contributed by atoms with Gasteiger partial charge in [0.15, 0.2) is 11.9 Å². The van der Waals surface area contributed by atoms with Crippen LogP contribution in [0.15, 0.2) is 54.4 Å². The van der Waals surface area contributed by atoms with Crippen LogP contribution in [0.5, 0.6) is 0 Å². The van der Waals surface area contributed by atoms with Gasteiger partial charge in [0.2, 0.25) is 0 Å². The highest BCUT2D eigenvalue weighted by Crippen LogP contribution is 2.34. The molecule has 5 nitrogen and oxygen atoms in total. The molecular weight excluding hydrogens is 338 g/mol. The van der Waals surface area contributed by atoms with Crippen molar-refractivity contribution in [2.24, 2.45) is 5.18 Å². The third kappa shape index (κ3) is 2.98. The predicted molar refractivity (Wildman–Crippen MR) is 84.3 cm³/mol. The van der Waals surface area contributed by atoms with E-state index in [4.69, 9.17) is 11.6 Å². The second-order valence-corrected chi connectivity index (χ2v) is 5.27. The van der Waals surface area contributed by atoms with Crippen LogP contribution in [0.4, 0.5) is 8.78 Å². The number of nitrogens with zero attached hydrogens (tertiary/aromatic N) is 4. The van der Waals surface area contributed by atoms with Crippen LogP contribution in [0.25, 0.3) is 11.1 Å². The summed E-state index contributed by atoms with van der Waals surface area (Å²) in [5.74, 6) is -1.31. The Kier molecular flexibility index (Phi) is 4.52. The molecule has 1 aromatic carbocycles. The van der Waals surface area contributed by atoms with Gasteiger partial charge >= 0.3 is 0 Å². The molecule has 0 fully saturated rings. The fourth-order valence-electron chi connectivity index (χ4n) is 2.29. The maximum absolute atomic E-state index is 14.9. The molecule has 0 aliphatic rings. The van der Waals surface area contributed by atoms with Crippen molar-refractivity contribution in [2.75, 3.05) is 0 Å². The third-order valence-electron chi connectivity index (χ3n) is 3.41. The van der Waals surface area contributed by atoms with Crippen LogP contribution in [0.3, 0.4) is 0 Å². The van der Waals surface area contributed by atoms with Crippen molar-refractivity contribution in [1.29, 1.82) is 0 Å². The summed E-state index contributed by atoms with van der Waals surface area (Å²) in [5, 5.41) is 2.89. The molecule has 1 atom stereocenters. The zero-order chi connectivity index (χ0) is 17.1. The van der Waals surface area contributed by atoms with E-state index in [9.17, 15) is 13.7 Å². The Morgan fingerprint density at radius 1 is 1.12 bits per heavy atom. The molecule has 24 heavy (non-hydrogen) atoms. The van der Waals surface area contributed by atoms with Crippen LogP contribution in [-0.4, -0.2) is 15.0 Å². The van der Waals surface area contributed by atoms with Crippen LogP contribution in [0.2, 0.25) is 5.02 Å². The lowest BCUT2D eigenvalue weighted by Gasteiger charge is -2.13. The maximum Gasteiger partial charge on any atom is 0.163 e. The molecule has 0 bridgehead atoms. The average molecular weight is 347 g/mol. The van der Waals surface area contributed by atoms with Crippen molar-refractivity contribution < 1.29 is 8.78 Å². The van der Waals surface area contributed by atoms with E-state index in [0.717, 1.165) is 12.1 Å². The maximum atomic E-state index is 14.9. The first-order valence-corrected chi connectivity index (χ1v) is 7.17. The normalized spacial score (nSPS) is 12.0. The van der Waals surface area contributed by atoms with Gasteiger partial charge in [0, 0.05) is 40.3 Å². The lowest BCUT2D eigenvalue weighted by Crippen LogP contribution is -2.06. The Hall–Kier alpha value is -2.80. The molecule has 8 heteroatoms. The topological polar surface area (TPSA) is 68.1 Å². The summed E-state index contributed by atoms with van der Waals surface area (Å²) < 4.78 is 28.0. The first-order chi connectivity index (χ1) is 11.6. The van der Waals surface area contributed by atoms with E-state index < -0.39 is 17.7 Å². The van der Waals surface area contributed by atoms with Crippen LogP contribution in [-0.2, 0) is 0 Å². The minimum absolute atomic E-state index is 0.0331. The summed E-state index contributed by atoms with van der Waals surface area (Å²) in [4.78, 5) is 22.9. The number of aromatic nitrogens is 3. The highest BCUT2D eigenvalue weighted by Gasteiger charge is 2.25. The molecule has 0 amide bonds. The summed E-state index contributed by atoms with van der Waals surface area (Å²) in [5.41, 5.74) is 0.557. The molecular formula is C16H9ClF2N4O. The Morgan fingerprint density at radius 2 is 1.88 bits per heavy atom. The Labute approximate surface area is 140 Å². The SMILES string of the molecule is O=NC(c1ccc(F)cc1Cl)c1nccc(-c2cncnc2)c1F. The predicted octanol–water partition coefficient (Wildman–Crippen LogP) is 4.33. The monoisotopic (exact) mass is 346 g/mol. The molecule has 2 aromatic heterocycles. The molecule has 3 rings (SSSR count). The zero-order valence-corrected chi connectivity index (χ0v) is 12.8. The van der Waals surface area contributed by atoms with Crippen molar-refractivity contribution in [3.05, 3.63) is 82.0 Å². The molecule has 120 valence electrons. The standard InChI is InChI=1S/C16H9ClF2N4O/c17-13-5-10(18)1-2-12(13)15(23-24)16-14(19)11(3-4-22-16)9-6-20-8-21-7-9/h1-8,15H. The van der Waals surface area contributed by atoms with E-state index in [0.29, 0.717) is 5.56 Å². The summed E-state index contributed by atoms with van der Waals surface area (Å²) in [7, 11) is 0. The second-order valence-electron chi connectivity index (χ2n) is 4.86. The molecule has 0 radical (unpaired) electrons. The summed E-state index contributed by atoms with van der Waals surface area (Å²) in [6.07, 6.45) is 5.53. The minimum atomic E-state index is -1.30. The lowest BCUT2D eigenvalue weighted by molar-refractivity contribution is 0.588. The highest BCUT2D eigenvalue weighted by atomic mass is 35.5. The van der Waals surface area contributed by atoms with Gasteiger partial charge in [-0.2, -0.15) is 0 Å². The van der Waals surface area contributed by atoms with E-state index >= 15 is 0 Å².